The number of hydrogen-bond donors (Lipinski definition) is 2. The average molecular weight is 373 g/mol. The zero-order valence-corrected chi connectivity index (χ0v) is 14.1. The molecule has 0 aliphatic heterocycles. The van der Waals surface area contributed by atoms with E-state index in [4.69, 9.17) is 21.5 Å². The molecule has 2 aromatic rings. The minimum atomic E-state index is -3.89. The van der Waals surface area contributed by atoms with Crippen LogP contribution >= 0.6 is 11.6 Å². The maximum atomic E-state index is 12.9. The van der Waals surface area contributed by atoms with Crippen molar-refractivity contribution in [3.8, 4) is 5.75 Å². The highest BCUT2D eigenvalue weighted by molar-refractivity contribution is 7.89. The largest absolute Gasteiger partial charge is 0.482 e. The molecule has 6 nitrogen and oxygen atoms in total. The van der Waals surface area contributed by atoms with Crippen molar-refractivity contribution in [2.45, 2.75) is 11.8 Å². The van der Waals surface area contributed by atoms with Crippen molar-refractivity contribution in [2.75, 3.05) is 11.9 Å². The van der Waals surface area contributed by atoms with Crippen LogP contribution in [0, 0.1) is 12.7 Å². The molecule has 2 rings (SSSR count). The molecule has 0 radical (unpaired) electrons. The van der Waals surface area contributed by atoms with Crippen molar-refractivity contribution in [1.29, 1.82) is 0 Å². The van der Waals surface area contributed by atoms with E-state index < -0.39 is 21.7 Å². The topological polar surface area (TPSA) is 98.5 Å². The molecule has 0 aliphatic carbocycles. The molecule has 0 aliphatic rings. The van der Waals surface area contributed by atoms with E-state index in [1.807, 2.05) is 0 Å². The van der Waals surface area contributed by atoms with Crippen LogP contribution in [0.3, 0.4) is 0 Å². The third-order valence-electron chi connectivity index (χ3n) is 3.03. The number of primary sulfonamides is 1. The van der Waals surface area contributed by atoms with Gasteiger partial charge in [0.05, 0.1) is 9.92 Å². The van der Waals surface area contributed by atoms with Crippen LogP contribution < -0.4 is 15.2 Å². The van der Waals surface area contributed by atoms with E-state index >= 15 is 0 Å². The van der Waals surface area contributed by atoms with Crippen LogP contribution in [0.5, 0.6) is 5.75 Å². The first-order valence-corrected chi connectivity index (χ1v) is 8.60. The number of aryl methyl sites for hydroxylation is 1. The van der Waals surface area contributed by atoms with E-state index in [9.17, 15) is 17.6 Å². The number of nitrogens with one attached hydrogen (secondary N) is 1. The molecule has 0 aromatic heterocycles. The van der Waals surface area contributed by atoms with E-state index in [1.165, 1.54) is 24.3 Å². The second-order valence-corrected chi connectivity index (χ2v) is 6.87. The molecule has 0 spiro atoms. The van der Waals surface area contributed by atoms with Gasteiger partial charge in [-0.05, 0) is 42.8 Å². The molecule has 0 saturated carbocycles. The number of amides is 1. The Bertz CT molecular complexity index is 887. The van der Waals surface area contributed by atoms with Crippen LogP contribution in [0.25, 0.3) is 0 Å². The SMILES string of the molecule is Cc1ccc(NC(=O)COc2ccc(F)cc2Cl)cc1S(N)(=O)=O. The minimum Gasteiger partial charge on any atom is -0.482 e. The van der Waals surface area contributed by atoms with E-state index in [0.717, 1.165) is 12.1 Å². The molecule has 3 N–H and O–H groups in total. The summed E-state index contributed by atoms with van der Waals surface area (Å²) in [6, 6.07) is 7.83. The maximum absolute atomic E-state index is 12.9. The predicted octanol–water partition coefficient (Wildman–Crippen LogP) is 2.45. The van der Waals surface area contributed by atoms with Gasteiger partial charge >= 0.3 is 0 Å². The fourth-order valence-corrected chi connectivity index (χ4v) is 2.95. The van der Waals surface area contributed by atoms with Gasteiger partial charge in [0.25, 0.3) is 5.91 Å². The summed E-state index contributed by atoms with van der Waals surface area (Å²) < 4.78 is 41.0. The van der Waals surface area contributed by atoms with Gasteiger partial charge in [-0.15, -0.1) is 0 Å². The summed E-state index contributed by atoms with van der Waals surface area (Å²) in [6.45, 7) is 1.20. The highest BCUT2D eigenvalue weighted by Gasteiger charge is 2.13. The number of carbonyl (C=O) groups is 1. The smallest absolute Gasteiger partial charge is 0.262 e. The number of carbonyl (C=O) groups excluding carboxylic acids is 1. The van der Waals surface area contributed by atoms with Crippen molar-refractivity contribution in [2.24, 2.45) is 5.14 Å². The first kappa shape index (κ1) is 18.2. The number of anilines is 1. The molecule has 2 aromatic carbocycles. The van der Waals surface area contributed by atoms with Crippen molar-refractivity contribution in [3.05, 3.63) is 52.8 Å². The number of rotatable bonds is 5. The molecular formula is C15H14ClFN2O4S. The summed E-state index contributed by atoms with van der Waals surface area (Å²) in [4.78, 5) is 11.8. The van der Waals surface area contributed by atoms with Crippen molar-refractivity contribution in [3.63, 3.8) is 0 Å². The summed E-state index contributed by atoms with van der Waals surface area (Å²) in [5.74, 6) is -0.908. The second kappa shape index (κ2) is 7.16. The number of benzene rings is 2. The lowest BCUT2D eigenvalue weighted by Gasteiger charge is -2.10. The van der Waals surface area contributed by atoms with Crippen LogP contribution in [0.4, 0.5) is 10.1 Å². The molecular weight excluding hydrogens is 359 g/mol. The Balaban J connectivity index is 2.05. The summed E-state index contributed by atoms with van der Waals surface area (Å²) in [5.41, 5.74) is 0.716. The van der Waals surface area contributed by atoms with Crippen molar-refractivity contribution in [1.82, 2.24) is 0 Å². The lowest BCUT2D eigenvalue weighted by atomic mass is 10.2. The van der Waals surface area contributed by atoms with Gasteiger partial charge in [0.15, 0.2) is 6.61 Å². The Morgan fingerprint density at radius 1 is 1.29 bits per heavy atom. The maximum Gasteiger partial charge on any atom is 0.262 e. The fourth-order valence-electron chi connectivity index (χ4n) is 1.92. The van der Waals surface area contributed by atoms with E-state index in [1.54, 1.807) is 6.92 Å². The normalized spacial score (nSPS) is 11.2. The summed E-state index contributed by atoms with van der Waals surface area (Å²) in [5, 5.41) is 7.63. The Labute approximate surface area is 143 Å². The van der Waals surface area contributed by atoms with Gasteiger partial charge in [0, 0.05) is 5.69 Å². The third-order valence-corrected chi connectivity index (χ3v) is 4.38. The number of halogens is 2. The number of hydrogen-bond acceptors (Lipinski definition) is 4. The van der Waals surface area contributed by atoms with Gasteiger partial charge in [0.1, 0.15) is 11.6 Å². The van der Waals surface area contributed by atoms with Crippen LogP contribution in [0.2, 0.25) is 5.02 Å². The van der Waals surface area contributed by atoms with E-state index in [0.29, 0.717) is 5.56 Å². The predicted molar refractivity (Wildman–Crippen MR) is 88.1 cm³/mol. The fraction of sp³-hybridized carbons (Fsp3) is 0.133. The van der Waals surface area contributed by atoms with Gasteiger partial charge in [-0.1, -0.05) is 17.7 Å². The van der Waals surface area contributed by atoms with Gasteiger partial charge in [-0.2, -0.15) is 0 Å². The Hall–Kier alpha value is -2.16. The second-order valence-electron chi connectivity index (χ2n) is 4.94. The van der Waals surface area contributed by atoms with Crippen LogP contribution in [-0.4, -0.2) is 20.9 Å². The zero-order valence-electron chi connectivity index (χ0n) is 12.5. The number of sulfonamides is 1. The third kappa shape index (κ3) is 4.67. The summed E-state index contributed by atoms with van der Waals surface area (Å²) in [6.07, 6.45) is 0. The lowest BCUT2D eigenvalue weighted by Crippen LogP contribution is -2.21. The van der Waals surface area contributed by atoms with E-state index in [-0.39, 0.29) is 28.0 Å². The van der Waals surface area contributed by atoms with Gasteiger partial charge < -0.3 is 10.1 Å². The standard InChI is InChI=1S/C15H14ClFN2O4S/c1-9-2-4-11(7-14(9)24(18,21)22)19-15(20)8-23-13-5-3-10(17)6-12(13)16/h2-7H,8H2,1H3,(H,19,20)(H2,18,21,22). The van der Waals surface area contributed by atoms with E-state index in [2.05, 4.69) is 5.32 Å². The molecule has 0 heterocycles. The molecule has 1 amide bonds. The summed E-state index contributed by atoms with van der Waals surface area (Å²) >= 11 is 5.78. The van der Waals surface area contributed by atoms with Crippen LogP contribution in [-0.2, 0) is 14.8 Å². The summed E-state index contributed by atoms with van der Waals surface area (Å²) in [7, 11) is -3.89. The van der Waals surface area contributed by atoms with Crippen molar-refractivity contribution < 1.29 is 22.3 Å². The van der Waals surface area contributed by atoms with Gasteiger partial charge in [-0.3, -0.25) is 4.79 Å². The molecule has 24 heavy (non-hydrogen) atoms. The molecule has 0 bridgehead atoms. The average Bonchev–Trinajstić information content (AvgIpc) is 2.47. The zero-order chi connectivity index (χ0) is 17.9. The quantitative estimate of drug-likeness (QED) is 0.842. The minimum absolute atomic E-state index is 0.0367. The molecule has 128 valence electrons. The first-order chi connectivity index (χ1) is 11.2. The lowest BCUT2D eigenvalue weighted by molar-refractivity contribution is -0.118. The van der Waals surface area contributed by atoms with Crippen LogP contribution in [0.1, 0.15) is 5.56 Å². The Morgan fingerprint density at radius 3 is 2.62 bits per heavy atom. The Kier molecular flexibility index (Phi) is 5.43. The molecule has 9 heteroatoms. The molecule has 0 atom stereocenters. The monoisotopic (exact) mass is 372 g/mol. The highest BCUT2D eigenvalue weighted by Crippen LogP contribution is 2.25. The Morgan fingerprint density at radius 2 is 2.00 bits per heavy atom. The first-order valence-electron chi connectivity index (χ1n) is 6.68. The molecule has 0 unspecified atom stereocenters. The van der Waals surface area contributed by atoms with Gasteiger partial charge in [0.2, 0.25) is 10.0 Å². The molecule has 0 saturated heterocycles. The molecule has 0 fully saturated rings. The highest BCUT2D eigenvalue weighted by atomic mass is 35.5. The van der Waals surface area contributed by atoms with Crippen LogP contribution in [0.15, 0.2) is 41.3 Å². The number of nitrogens with two attached hydrogens (primary N) is 1. The van der Waals surface area contributed by atoms with Crippen molar-refractivity contribution >= 4 is 33.2 Å². The number of ether oxygens (including phenoxy) is 1. The van der Waals surface area contributed by atoms with Gasteiger partial charge in [-0.25, -0.2) is 17.9 Å².